The van der Waals surface area contributed by atoms with Crippen molar-refractivity contribution in [2.45, 2.75) is 19.8 Å². The molecule has 2 aromatic carbocycles. The predicted octanol–water partition coefficient (Wildman–Crippen LogP) is 4.30. The number of fused-ring (bicyclic) bond motifs is 1. The molecule has 0 aliphatic heterocycles. The van der Waals surface area contributed by atoms with E-state index in [0.717, 1.165) is 22.7 Å². The highest BCUT2D eigenvalue weighted by atomic mass is 79.9. The molecule has 3 rings (SSSR count). The lowest BCUT2D eigenvalue weighted by atomic mass is 10.2. The van der Waals surface area contributed by atoms with Crippen molar-refractivity contribution in [2.24, 2.45) is 0 Å². The molecule has 0 radical (unpaired) electrons. The maximum Gasteiger partial charge on any atom is 0.328 e. The Morgan fingerprint density at radius 3 is 2.47 bits per heavy atom. The van der Waals surface area contributed by atoms with Gasteiger partial charge in [-0.2, -0.15) is 0 Å². The molecule has 30 heavy (non-hydrogen) atoms. The normalized spacial score (nSPS) is 10.6. The van der Waals surface area contributed by atoms with E-state index in [2.05, 4.69) is 32.0 Å². The zero-order chi connectivity index (χ0) is 21.7. The molecule has 9 heteroatoms. The molecule has 0 bridgehead atoms. The summed E-state index contributed by atoms with van der Waals surface area (Å²) in [6, 6.07) is 13.6. The van der Waals surface area contributed by atoms with Crippen LogP contribution in [-0.4, -0.2) is 28.9 Å². The summed E-state index contributed by atoms with van der Waals surface area (Å²) in [6.07, 6.45) is 1.67. The first-order valence-electron chi connectivity index (χ1n) is 9.36. The van der Waals surface area contributed by atoms with E-state index < -0.39 is 17.7 Å². The summed E-state index contributed by atoms with van der Waals surface area (Å²) in [6.45, 7) is 2.40. The first-order chi connectivity index (χ1) is 14.4. The standard InChI is InChI=1S/C21H20BrClN4O3/c1-2-3-10-24-20(29)21(30)26-27-17-9-4-14(22)11-13(17)12-18(27)19(28)25-16-7-5-15(23)6-8-16/h4-9,11-12H,2-3,10H2,1H3,(H,24,29)(H,25,28)(H,26,30). The van der Waals surface area contributed by atoms with Gasteiger partial charge < -0.3 is 10.6 Å². The molecular formula is C21H20BrClN4O3. The number of benzene rings is 2. The van der Waals surface area contributed by atoms with E-state index >= 15 is 0 Å². The quantitative estimate of drug-likeness (QED) is 0.355. The minimum atomic E-state index is -0.855. The molecule has 3 amide bonds. The van der Waals surface area contributed by atoms with Crippen LogP contribution in [0.4, 0.5) is 5.69 Å². The lowest BCUT2D eigenvalue weighted by Gasteiger charge is -2.12. The van der Waals surface area contributed by atoms with Crippen molar-refractivity contribution < 1.29 is 14.4 Å². The molecule has 1 heterocycles. The lowest BCUT2D eigenvalue weighted by molar-refractivity contribution is -0.136. The number of aromatic nitrogens is 1. The lowest BCUT2D eigenvalue weighted by Crippen LogP contribution is -2.40. The van der Waals surface area contributed by atoms with Gasteiger partial charge in [0.15, 0.2) is 0 Å². The number of hydrogen-bond donors (Lipinski definition) is 3. The number of nitrogens with one attached hydrogen (secondary N) is 3. The van der Waals surface area contributed by atoms with Crippen molar-refractivity contribution in [2.75, 3.05) is 17.3 Å². The van der Waals surface area contributed by atoms with Gasteiger partial charge in [0.2, 0.25) is 0 Å². The van der Waals surface area contributed by atoms with E-state index in [1.165, 1.54) is 4.68 Å². The van der Waals surface area contributed by atoms with Crippen LogP contribution in [0.5, 0.6) is 0 Å². The Labute approximate surface area is 186 Å². The fourth-order valence-electron chi connectivity index (χ4n) is 2.81. The Kier molecular flexibility index (Phi) is 7.12. The monoisotopic (exact) mass is 490 g/mol. The molecule has 0 saturated heterocycles. The number of halogens is 2. The van der Waals surface area contributed by atoms with Gasteiger partial charge in [0.25, 0.3) is 5.91 Å². The van der Waals surface area contributed by atoms with Crippen molar-refractivity contribution in [1.82, 2.24) is 9.99 Å². The molecular weight excluding hydrogens is 472 g/mol. The number of nitrogens with zero attached hydrogens (tertiary/aromatic N) is 1. The number of amides is 3. The van der Waals surface area contributed by atoms with Gasteiger partial charge in [-0.25, -0.2) is 4.68 Å². The van der Waals surface area contributed by atoms with Gasteiger partial charge in [0.1, 0.15) is 5.69 Å². The molecule has 1 aromatic heterocycles. The topological polar surface area (TPSA) is 92.2 Å². The van der Waals surface area contributed by atoms with Gasteiger partial charge in [0.05, 0.1) is 5.52 Å². The first kappa shape index (κ1) is 21.9. The third kappa shape index (κ3) is 5.20. The van der Waals surface area contributed by atoms with Crippen LogP contribution in [0.2, 0.25) is 5.02 Å². The van der Waals surface area contributed by atoms with Crippen LogP contribution in [0.25, 0.3) is 10.9 Å². The molecule has 3 N–H and O–H groups in total. The smallest absolute Gasteiger partial charge is 0.328 e. The van der Waals surface area contributed by atoms with Crippen molar-refractivity contribution in [3.63, 3.8) is 0 Å². The fraction of sp³-hybridized carbons (Fsp3) is 0.190. The molecule has 3 aromatic rings. The third-order valence-corrected chi connectivity index (χ3v) is 5.08. The number of unbranched alkanes of at least 4 members (excludes halogenated alkanes) is 1. The predicted molar refractivity (Wildman–Crippen MR) is 121 cm³/mol. The third-order valence-electron chi connectivity index (χ3n) is 4.33. The Morgan fingerprint density at radius 2 is 1.77 bits per heavy atom. The van der Waals surface area contributed by atoms with Crippen molar-refractivity contribution >= 4 is 61.8 Å². The van der Waals surface area contributed by atoms with Gasteiger partial charge in [0, 0.05) is 27.1 Å². The highest BCUT2D eigenvalue weighted by molar-refractivity contribution is 9.10. The summed E-state index contributed by atoms with van der Waals surface area (Å²) in [5.41, 5.74) is 3.82. The average molecular weight is 492 g/mol. The summed E-state index contributed by atoms with van der Waals surface area (Å²) in [4.78, 5) is 37.4. The molecule has 0 aliphatic rings. The van der Waals surface area contributed by atoms with E-state index in [0.29, 0.717) is 22.8 Å². The fourth-order valence-corrected chi connectivity index (χ4v) is 3.32. The second-order valence-corrected chi connectivity index (χ2v) is 7.93. The van der Waals surface area contributed by atoms with Crippen LogP contribution in [0, 0.1) is 0 Å². The van der Waals surface area contributed by atoms with Crippen LogP contribution in [0.15, 0.2) is 53.0 Å². The molecule has 0 spiro atoms. The van der Waals surface area contributed by atoms with Gasteiger partial charge in [-0.3, -0.25) is 19.8 Å². The highest BCUT2D eigenvalue weighted by Gasteiger charge is 2.21. The van der Waals surface area contributed by atoms with Crippen molar-refractivity contribution in [3.8, 4) is 0 Å². The van der Waals surface area contributed by atoms with E-state index in [4.69, 9.17) is 11.6 Å². The van der Waals surface area contributed by atoms with Gasteiger partial charge >= 0.3 is 11.8 Å². The van der Waals surface area contributed by atoms with Gasteiger partial charge in [-0.05, 0) is 55.0 Å². The zero-order valence-corrected chi connectivity index (χ0v) is 18.5. The first-order valence-corrected chi connectivity index (χ1v) is 10.5. The summed E-state index contributed by atoms with van der Waals surface area (Å²) in [7, 11) is 0. The second-order valence-electron chi connectivity index (χ2n) is 6.58. The van der Waals surface area contributed by atoms with Crippen molar-refractivity contribution in [3.05, 3.63) is 63.7 Å². The Bertz CT molecular complexity index is 1100. The van der Waals surface area contributed by atoms with E-state index in [1.54, 1.807) is 42.5 Å². The van der Waals surface area contributed by atoms with Crippen LogP contribution in [0.3, 0.4) is 0 Å². The number of hydrogen-bond acceptors (Lipinski definition) is 3. The Morgan fingerprint density at radius 1 is 1.03 bits per heavy atom. The molecule has 156 valence electrons. The number of carbonyl (C=O) groups excluding carboxylic acids is 3. The zero-order valence-electron chi connectivity index (χ0n) is 16.2. The summed E-state index contributed by atoms with van der Waals surface area (Å²) < 4.78 is 2.13. The van der Waals surface area contributed by atoms with E-state index in [1.807, 2.05) is 13.0 Å². The van der Waals surface area contributed by atoms with Gasteiger partial charge in [-0.1, -0.05) is 40.9 Å². The second kappa shape index (κ2) is 9.77. The largest absolute Gasteiger partial charge is 0.348 e. The maximum absolute atomic E-state index is 12.9. The minimum Gasteiger partial charge on any atom is -0.348 e. The Hall–Kier alpha value is -2.84. The molecule has 0 atom stereocenters. The molecule has 0 fully saturated rings. The van der Waals surface area contributed by atoms with Crippen LogP contribution >= 0.6 is 27.5 Å². The van der Waals surface area contributed by atoms with Crippen LogP contribution in [-0.2, 0) is 9.59 Å². The molecule has 0 saturated carbocycles. The average Bonchev–Trinajstić information content (AvgIpc) is 3.07. The molecule has 0 aliphatic carbocycles. The number of rotatable bonds is 6. The van der Waals surface area contributed by atoms with E-state index in [9.17, 15) is 14.4 Å². The molecule has 0 unspecified atom stereocenters. The van der Waals surface area contributed by atoms with E-state index in [-0.39, 0.29) is 5.69 Å². The highest BCUT2D eigenvalue weighted by Crippen LogP contribution is 2.24. The summed E-state index contributed by atoms with van der Waals surface area (Å²) >= 11 is 9.28. The minimum absolute atomic E-state index is 0.174. The summed E-state index contributed by atoms with van der Waals surface area (Å²) in [5, 5.41) is 6.59. The number of anilines is 1. The van der Waals surface area contributed by atoms with Crippen LogP contribution < -0.4 is 16.1 Å². The maximum atomic E-state index is 12.9. The SMILES string of the molecule is CCCCNC(=O)C(=O)Nn1c(C(=O)Nc2ccc(Cl)cc2)cc2cc(Br)ccc21. The van der Waals surface area contributed by atoms with Crippen LogP contribution in [0.1, 0.15) is 30.3 Å². The Balaban J connectivity index is 1.89. The summed E-state index contributed by atoms with van der Waals surface area (Å²) in [5.74, 6) is -2.06. The van der Waals surface area contributed by atoms with Crippen molar-refractivity contribution in [1.29, 1.82) is 0 Å². The number of carbonyl (C=O) groups is 3. The molecule has 7 nitrogen and oxygen atoms in total. The van der Waals surface area contributed by atoms with Gasteiger partial charge in [-0.15, -0.1) is 0 Å².